The number of anilines is 1. The molecule has 2 aromatic rings. The maximum absolute atomic E-state index is 12.7. The molecule has 0 radical (unpaired) electrons. The van der Waals surface area contributed by atoms with E-state index in [4.69, 9.17) is 9.15 Å². The van der Waals surface area contributed by atoms with Gasteiger partial charge in [-0.2, -0.15) is 0 Å². The number of rotatable bonds is 4. The third-order valence-corrected chi connectivity index (χ3v) is 4.16. The topological polar surface area (TPSA) is 71.8 Å². The molecule has 1 fully saturated rings. The fourth-order valence-corrected chi connectivity index (χ4v) is 2.96. The van der Waals surface area contributed by atoms with Crippen molar-refractivity contribution < 1.29 is 18.7 Å². The Labute approximate surface area is 140 Å². The summed E-state index contributed by atoms with van der Waals surface area (Å²) in [7, 11) is 1.56. The molecule has 6 heteroatoms. The summed E-state index contributed by atoms with van der Waals surface area (Å²) in [6.45, 7) is 2.49. The number of nitrogens with one attached hydrogen (secondary N) is 1. The van der Waals surface area contributed by atoms with E-state index in [1.807, 2.05) is 25.1 Å². The minimum Gasteiger partial charge on any atom is -0.495 e. The van der Waals surface area contributed by atoms with Crippen LogP contribution in [0.3, 0.4) is 0 Å². The first-order chi connectivity index (χ1) is 11.6. The van der Waals surface area contributed by atoms with Gasteiger partial charge in [0.15, 0.2) is 5.76 Å². The van der Waals surface area contributed by atoms with Crippen LogP contribution in [0.1, 0.15) is 29.0 Å². The number of amides is 2. The van der Waals surface area contributed by atoms with E-state index in [1.54, 1.807) is 24.1 Å². The molecule has 3 rings (SSSR count). The number of aryl methyl sites for hydroxylation is 1. The van der Waals surface area contributed by atoms with Crippen LogP contribution >= 0.6 is 0 Å². The van der Waals surface area contributed by atoms with E-state index < -0.39 is 6.04 Å². The Morgan fingerprint density at radius 1 is 1.33 bits per heavy atom. The minimum absolute atomic E-state index is 0.212. The molecular weight excluding hydrogens is 308 g/mol. The lowest BCUT2D eigenvalue weighted by molar-refractivity contribution is -0.119. The fraction of sp³-hybridized carbons (Fsp3) is 0.333. The maximum Gasteiger partial charge on any atom is 0.290 e. The summed E-state index contributed by atoms with van der Waals surface area (Å²) in [5.74, 6) is 0.379. The first-order valence-electron chi connectivity index (χ1n) is 7.90. The van der Waals surface area contributed by atoms with Crippen LogP contribution in [-0.2, 0) is 4.79 Å². The monoisotopic (exact) mass is 328 g/mol. The van der Waals surface area contributed by atoms with Gasteiger partial charge in [0.05, 0.1) is 19.1 Å². The highest BCUT2D eigenvalue weighted by Crippen LogP contribution is 2.27. The second-order valence-electron chi connectivity index (χ2n) is 5.83. The van der Waals surface area contributed by atoms with Gasteiger partial charge in [-0.1, -0.05) is 6.07 Å². The van der Waals surface area contributed by atoms with Gasteiger partial charge in [-0.3, -0.25) is 9.59 Å². The van der Waals surface area contributed by atoms with Gasteiger partial charge in [0.2, 0.25) is 5.91 Å². The molecule has 0 spiro atoms. The van der Waals surface area contributed by atoms with Gasteiger partial charge in [0, 0.05) is 6.54 Å². The quantitative estimate of drug-likeness (QED) is 0.937. The van der Waals surface area contributed by atoms with Crippen molar-refractivity contribution >= 4 is 17.5 Å². The van der Waals surface area contributed by atoms with Crippen LogP contribution in [0.2, 0.25) is 0 Å². The number of hydrogen-bond donors (Lipinski definition) is 1. The summed E-state index contributed by atoms with van der Waals surface area (Å²) in [4.78, 5) is 26.7. The number of likely N-dealkylation sites (tertiary alicyclic amines) is 1. The van der Waals surface area contributed by atoms with Gasteiger partial charge < -0.3 is 19.4 Å². The van der Waals surface area contributed by atoms with Crippen LogP contribution in [0, 0.1) is 6.92 Å². The highest BCUT2D eigenvalue weighted by molar-refractivity contribution is 6.01. The van der Waals surface area contributed by atoms with Gasteiger partial charge in [0.25, 0.3) is 5.91 Å². The molecule has 1 aliphatic heterocycles. The van der Waals surface area contributed by atoms with Crippen molar-refractivity contribution in [2.75, 3.05) is 19.0 Å². The first kappa shape index (κ1) is 16.1. The average Bonchev–Trinajstić information content (AvgIpc) is 3.26. The Morgan fingerprint density at radius 2 is 2.17 bits per heavy atom. The lowest BCUT2D eigenvalue weighted by Crippen LogP contribution is -2.43. The highest BCUT2D eigenvalue weighted by atomic mass is 16.5. The Hall–Kier alpha value is -2.76. The molecule has 1 aliphatic rings. The number of carbonyl (C=O) groups is 2. The van der Waals surface area contributed by atoms with Crippen molar-refractivity contribution in [3.05, 3.63) is 47.9 Å². The van der Waals surface area contributed by atoms with E-state index in [0.717, 1.165) is 12.0 Å². The van der Waals surface area contributed by atoms with E-state index in [1.165, 1.54) is 6.26 Å². The van der Waals surface area contributed by atoms with Gasteiger partial charge in [-0.15, -0.1) is 0 Å². The third kappa shape index (κ3) is 3.13. The van der Waals surface area contributed by atoms with Crippen molar-refractivity contribution in [2.45, 2.75) is 25.8 Å². The predicted octanol–water partition coefficient (Wildman–Crippen LogP) is 2.84. The van der Waals surface area contributed by atoms with Gasteiger partial charge in [-0.05, 0) is 49.6 Å². The Morgan fingerprint density at radius 3 is 2.88 bits per heavy atom. The molecule has 1 saturated heterocycles. The minimum atomic E-state index is -0.507. The Kier molecular flexibility index (Phi) is 4.55. The van der Waals surface area contributed by atoms with E-state index in [-0.39, 0.29) is 17.6 Å². The van der Waals surface area contributed by atoms with E-state index >= 15 is 0 Å². The van der Waals surface area contributed by atoms with Gasteiger partial charge in [0.1, 0.15) is 11.8 Å². The number of hydrogen-bond acceptors (Lipinski definition) is 4. The van der Waals surface area contributed by atoms with Crippen molar-refractivity contribution in [3.8, 4) is 5.75 Å². The Balaban J connectivity index is 1.77. The van der Waals surface area contributed by atoms with Gasteiger partial charge in [-0.25, -0.2) is 0 Å². The number of ether oxygens (including phenoxy) is 1. The van der Waals surface area contributed by atoms with Crippen LogP contribution in [0.15, 0.2) is 41.0 Å². The molecule has 24 heavy (non-hydrogen) atoms. The number of methoxy groups -OCH3 is 1. The molecule has 0 saturated carbocycles. The smallest absolute Gasteiger partial charge is 0.290 e. The molecule has 2 heterocycles. The van der Waals surface area contributed by atoms with Crippen molar-refractivity contribution in [3.63, 3.8) is 0 Å². The lowest BCUT2D eigenvalue weighted by atomic mass is 10.1. The third-order valence-electron chi connectivity index (χ3n) is 4.16. The molecule has 6 nitrogen and oxygen atoms in total. The summed E-state index contributed by atoms with van der Waals surface area (Å²) in [5.41, 5.74) is 1.63. The second-order valence-corrected chi connectivity index (χ2v) is 5.83. The van der Waals surface area contributed by atoms with Crippen LogP contribution in [0.4, 0.5) is 5.69 Å². The largest absolute Gasteiger partial charge is 0.495 e. The molecule has 1 aromatic heterocycles. The number of benzene rings is 1. The van der Waals surface area contributed by atoms with Crippen LogP contribution in [-0.4, -0.2) is 36.4 Å². The zero-order valence-corrected chi connectivity index (χ0v) is 13.7. The molecule has 1 N–H and O–H groups in total. The standard InChI is InChI=1S/C18H20N2O4/c1-12-7-8-15(23-2)13(11-12)19-17(21)14-5-3-9-20(14)18(22)16-6-4-10-24-16/h4,6-8,10-11,14H,3,5,9H2,1-2H3,(H,19,21). The summed E-state index contributed by atoms with van der Waals surface area (Å²) in [6, 6.07) is 8.34. The van der Waals surface area contributed by atoms with E-state index in [9.17, 15) is 9.59 Å². The van der Waals surface area contributed by atoms with Crippen LogP contribution in [0.25, 0.3) is 0 Å². The van der Waals surface area contributed by atoms with Crippen molar-refractivity contribution in [1.29, 1.82) is 0 Å². The number of furan rings is 1. The molecule has 0 aliphatic carbocycles. The summed E-state index contributed by atoms with van der Waals surface area (Å²) < 4.78 is 10.5. The van der Waals surface area contributed by atoms with Crippen molar-refractivity contribution in [2.24, 2.45) is 0 Å². The lowest BCUT2D eigenvalue weighted by Gasteiger charge is -2.23. The molecule has 1 aromatic carbocycles. The Bertz CT molecular complexity index is 739. The summed E-state index contributed by atoms with van der Waals surface area (Å²) in [6.07, 6.45) is 2.87. The predicted molar refractivity (Wildman–Crippen MR) is 89.1 cm³/mol. The van der Waals surface area contributed by atoms with E-state index in [0.29, 0.717) is 24.4 Å². The molecule has 1 atom stereocenters. The number of carbonyl (C=O) groups excluding carboxylic acids is 2. The SMILES string of the molecule is COc1ccc(C)cc1NC(=O)C1CCCN1C(=O)c1ccco1. The van der Waals surface area contributed by atoms with Crippen LogP contribution < -0.4 is 10.1 Å². The first-order valence-corrected chi connectivity index (χ1v) is 7.90. The second kappa shape index (κ2) is 6.78. The zero-order valence-electron chi connectivity index (χ0n) is 13.7. The molecule has 0 bridgehead atoms. The molecule has 1 unspecified atom stereocenters. The highest BCUT2D eigenvalue weighted by Gasteiger charge is 2.35. The molecule has 126 valence electrons. The van der Waals surface area contributed by atoms with E-state index in [2.05, 4.69) is 5.32 Å². The average molecular weight is 328 g/mol. The van der Waals surface area contributed by atoms with Crippen molar-refractivity contribution in [1.82, 2.24) is 4.90 Å². The maximum atomic E-state index is 12.7. The van der Waals surface area contributed by atoms with Gasteiger partial charge >= 0.3 is 0 Å². The zero-order chi connectivity index (χ0) is 17.1. The summed E-state index contributed by atoms with van der Waals surface area (Å²) >= 11 is 0. The van der Waals surface area contributed by atoms with Crippen LogP contribution in [0.5, 0.6) is 5.75 Å². The molecular formula is C18H20N2O4. The molecule has 2 amide bonds. The summed E-state index contributed by atoms with van der Waals surface area (Å²) in [5, 5.41) is 2.89. The number of nitrogens with zero attached hydrogens (tertiary/aromatic N) is 1. The fourth-order valence-electron chi connectivity index (χ4n) is 2.96. The normalized spacial score (nSPS) is 16.9.